The fourth-order valence-electron chi connectivity index (χ4n) is 2.88. The van der Waals surface area contributed by atoms with Gasteiger partial charge < -0.3 is 20.7 Å². The van der Waals surface area contributed by atoms with Crippen LogP contribution in [0.3, 0.4) is 0 Å². The Labute approximate surface area is 124 Å². The van der Waals surface area contributed by atoms with E-state index in [-0.39, 0.29) is 5.84 Å². The molecule has 0 atom stereocenters. The van der Waals surface area contributed by atoms with E-state index in [4.69, 9.17) is 10.9 Å². The Morgan fingerprint density at radius 3 is 2.38 bits per heavy atom. The highest BCUT2D eigenvalue weighted by atomic mass is 16.4. The fourth-order valence-corrected chi connectivity index (χ4v) is 2.88. The predicted molar refractivity (Wildman–Crippen MR) is 86.2 cm³/mol. The van der Waals surface area contributed by atoms with Crippen molar-refractivity contribution >= 4 is 22.3 Å². The molecule has 0 radical (unpaired) electrons. The van der Waals surface area contributed by atoms with Gasteiger partial charge >= 0.3 is 0 Å². The molecule has 3 N–H and O–H groups in total. The summed E-state index contributed by atoms with van der Waals surface area (Å²) in [5.74, 6) is 0.149. The Morgan fingerprint density at radius 1 is 1.05 bits per heavy atom. The van der Waals surface area contributed by atoms with Gasteiger partial charge in [0, 0.05) is 42.8 Å². The van der Waals surface area contributed by atoms with Crippen molar-refractivity contribution in [3.63, 3.8) is 0 Å². The molecule has 0 aromatic heterocycles. The van der Waals surface area contributed by atoms with Gasteiger partial charge in [-0.25, -0.2) is 0 Å². The van der Waals surface area contributed by atoms with Crippen LogP contribution in [0.1, 0.15) is 5.56 Å². The first-order chi connectivity index (χ1) is 10.2. The lowest BCUT2D eigenvalue weighted by atomic mass is 10.0. The van der Waals surface area contributed by atoms with Crippen LogP contribution < -0.4 is 10.6 Å². The lowest BCUT2D eigenvalue weighted by molar-refractivity contribution is 0.313. The van der Waals surface area contributed by atoms with Gasteiger partial charge in [-0.05, 0) is 24.6 Å². The van der Waals surface area contributed by atoms with E-state index in [9.17, 15) is 0 Å². The van der Waals surface area contributed by atoms with E-state index in [1.54, 1.807) is 0 Å². The maximum Gasteiger partial charge on any atom is 0.170 e. The number of fused-ring (bicyclic) bond motifs is 1. The number of benzene rings is 2. The molecule has 1 heterocycles. The quantitative estimate of drug-likeness (QED) is 0.381. The lowest BCUT2D eigenvalue weighted by Crippen LogP contribution is -2.44. The maximum absolute atomic E-state index is 8.94. The molecular formula is C16H20N4O. The van der Waals surface area contributed by atoms with Gasteiger partial charge in [0.1, 0.15) is 0 Å². The van der Waals surface area contributed by atoms with Crippen molar-refractivity contribution in [2.45, 2.75) is 0 Å². The normalized spacial score (nSPS) is 17.4. The standard InChI is InChI=1S/C16H20N4O/c1-19-8-10-20(11-9-19)15-7-6-14(16(17)18-21)12-4-2-3-5-13(12)15/h2-7,21H,8-11H2,1H3,(H2,17,18). The summed E-state index contributed by atoms with van der Waals surface area (Å²) in [6.45, 7) is 4.17. The molecule has 0 spiro atoms. The van der Waals surface area contributed by atoms with E-state index in [1.807, 2.05) is 24.3 Å². The topological polar surface area (TPSA) is 65.1 Å². The molecule has 1 fully saturated rings. The Balaban J connectivity index is 2.09. The highest BCUT2D eigenvalue weighted by Crippen LogP contribution is 2.30. The van der Waals surface area contributed by atoms with Crippen LogP contribution in [0.4, 0.5) is 5.69 Å². The number of likely N-dealkylation sites (N-methyl/N-ethyl adjacent to an activating group) is 1. The molecule has 0 saturated carbocycles. The summed E-state index contributed by atoms with van der Waals surface area (Å²) in [7, 11) is 2.15. The van der Waals surface area contributed by atoms with E-state index in [1.165, 1.54) is 5.69 Å². The third-order valence-electron chi connectivity index (χ3n) is 4.13. The SMILES string of the molecule is CN1CCN(c2ccc(/C(N)=N/O)c3ccccc23)CC1. The van der Waals surface area contributed by atoms with Gasteiger partial charge in [0.15, 0.2) is 5.84 Å². The lowest BCUT2D eigenvalue weighted by Gasteiger charge is -2.34. The minimum Gasteiger partial charge on any atom is -0.409 e. The van der Waals surface area contributed by atoms with Crippen molar-refractivity contribution in [1.29, 1.82) is 0 Å². The van der Waals surface area contributed by atoms with Gasteiger partial charge in [-0.2, -0.15) is 0 Å². The summed E-state index contributed by atoms with van der Waals surface area (Å²) in [5.41, 5.74) is 7.77. The summed E-state index contributed by atoms with van der Waals surface area (Å²) < 4.78 is 0. The van der Waals surface area contributed by atoms with Crippen molar-refractivity contribution in [3.8, 4) is 0 Å². The van der Waals surface area contributed by atoms with Gasteiger partial charge in [-0.1, -0.05) is 29.4 Å². The summed E-state index contributed by atoms with van der Waals surface area (Å²) >= 11 is 0. The smallest absolute Gasteiger partial charge is 0.170 e. The van der Waals surface area contributed by atoms with Crippen LogP contribution in [0, 0.1) is 0 Å². The van der Waals surface area contributed by atoms with E-state index < -0.39 is 0 Å². The molecular weight excluding hydrogens is 264 g/mol. The van der Waals surface area contributed by atoms with Gasteiger partial charge in [0.2, 0.25) is 0 Å². The monoisotopic (exact) mass is 284 g/mol. The van der Waals surface area contributed by atoms with Crippen molar-refractivity contribution in [3.05, 3.63) is 42.0 Å². The Bertz CT molecular complexity index is 675. The average Bonchev–Trinajstić information content (AvgIpc) is 2.54. The van der Waals surface area contributed by atoms with Crippen LogP contribution in [0.15, 0.2) is 41.6 Å². The van der Waals surface area contributed by atoms with Crippen molar-refractivity contribution in [2.24, 2.45) is 10.9 Å². The van der Waals surface area contributed by atoms with E-state index in [0.717, 1.165) is 42.5 Å². The zero-order valence-corrected chi connectivity index (χ0v) is 12.2. The van der Waals surface area contributed by atoms with Crippen LogP contribution >= 0.6 is 0 Å². The first-order valence-electron chi connectivity index (χ1n) is 7.14. The molecule has 0 amide bonds. The fraction of sp³-hybridized carbons (Fsp3) is 0.312. The predicted octanol–water partition coefficient (Wildman–Crippen LogP) is 1.69. The summed E-state index contributed by atoms with van der Waals surface area (Å²) in [4.78, 5) is 4.74. The molecule has 0 aliphatic carbocycles. The van der Waals surface area contributed by atoms with E-state index >= 15 is 0 Å². The zero-order valence-electron chi connectivity index (χ0n) is 12.2. The Hall–Kier alpha value is -2.27. The molecule has 0 unspecified atom stereocenters. The van der Waals surface area contributed by atoms with E-state index in [0.29, 0.717) is 0 Å². The number of hydrogen-bond donors (Lipinski definition) is 2. The minimum absolute atomic E-state index is 0.149. The highest BCUT2D eigenvalue weighted by molar-refractivity contribution is 6.11. The summed E-state index contributed by atoms with van der Waals surface area (Å²) in [6.07, 6.45) is 0. The number of nitrogens with zero attached hydrogens (tertiary/aromatic N) is 3. The second kappa shape index (κ2) is 5.61. The number of nitrogens with two attached hydrogens (primary N) is 1. The highest BCUT2D eigenvalue weighted by Gasteiger charge is 2.17. The second-order valence-electron chi connectivity index (χ2n) is 5.45. The first kappa shape index (κ1) is 13.7. The van der Waals surface area contributed by atoms with Crippen LogP contribution in [0.5, 0.6) is 0 Å². The maximum atomic E-state index is 8.94. The molecule has 110 valence electrons. The van der Waals surface area contributed by atoms with Crippen molar-refractivity contribution < 1.29 is 5.21 Å². The van der Waals surface area contributed by atoms with Crippen molar-refractivity contribution in [1.82, 2.24) is 4.90 Å². The second-order valence-corrected chi connectivity index (χ2v) is 5.45. The molecule has 2 aromatic rings. The molecule has 2 aromatic carbocycles. The van der Waals surface area contributed by atoms with Gasteiger partial charge in [-0.3, -0.25) is 0 Å². The summed E-state index contributed by atoms with van der Waals surface area (Å²) in [5, 5.41) is 14.2. The van der Waals surface area contributed by atoms with Crippen LogP contribution in [-0.4, -0.2) is 49.2 Å². The molecule has 5 heteroatoms. The summed E-state index contributed by atoms with van der Waals surface area (Å²) in [6, 6.07) is 12.1. The minimum atomic E-state index is 0.149. The number of piperazine rings is 1. The third-order valence-corrected chi connectivity index (χ3v) is 4.13. The van der Waals surface area contributed by atoms with Gasteiger partial charge in [0.05, 0.1) is 0 Å². The largest absolute Gasteiger partial charge is 0.409 e. The van der Waals surface area contributed by atoms with Crippen LogP contribution in [-0.2, 0) is 0 Å². The molecule has 1 saturated heterocycles. The first-order valence-corrected chi connectivity index (χ1v) is 7.14. The number of rotatable bonds is 2. The van der Waals surface area contributed by atoms with Gasteiger partial charge in [-0.15, -0.1) is 0 Å². The van der Waals surface area contributed by atoms with E-state index in [2.05, 4.69) is 34.1 Å². The number of hydrogen-bond acceptors (Lipinski definition) is 4. The van der Waals surface area contributed by atoms with Crippen molar-refractivity contribution in [2.75, 3.05) is 38.1 Å². The van der Waals surface area contributed by atoms with Gasteiger partial charge in [0.25, 0.3) is 0 Å². The molecule has 21 heavy (non-hydrogen) atoms. The third kappa shape index (κ3) is 2.52. The van der Waals surface area contributed by atoms with Crippen LogP contribution in [0.25, 0.3) is 10.8 Å². The molecule has 0 bridgehead atoms. The number of amidine groups is 1. The average molecular weight is 284 g/mol. The Morgan fingerprint density at radius 2 is 1.71 bits per heavy atom. The molecule has 5 nitrogen and oxygen atoms in total. The van der Waals surface area contributed by atoms with Crippen LogP contribution in [0.2, 0.25) is 0 Å². The zero-order chi connectivity index (χ0) is 14.8. The Kier molecular flexibility index (Phi) is 3.66. The number of oxime groups is 1. The molecule has 1 aliphatic heterocycles. The number of anilines is 1. The molecule has 1 aliphatic rings. The molecule has 3 rings (SSSR count).